The molecule has 1 aliphatic rings. The van der Waals surface area contributed by atoms with Crippen molar-refractivity contribution in [3.05, 3.63) is 69.8 Å². The summed E-state index contributed by atoms with van der Waals surface area (Å²) in [5.74, 6) is 0.292. The summed E-state index contributed by atoms with van der Waals surface area (Å²) in [6.07, 6.45) is 8.69. The molecule has 10 heteroatoms. The lowest BCUT2D eigenvalue weighted by atomic mass is 10.0. The maximum Gasteiger partial charge on any atom is 0.324 e. The van der Waals surface area contributed by atoms with Gasteiger partial charge in [-0.2, -0.15) is 0 Å². The minimum Gasteiger partial charge on any atom is -0.326 e. The van der Waals surface area contributed by atoms with E-state index >= 15 is 0 Å². The van der Waals surface area contributed by atoms with Crippen molar-refractivity contribution in [2.24, 2.45) is 0 Å². The number of pyridine rings is 1. The van der Waals surface area contributed by atoms with E-state index in [9.17, 15) is 14.4 Å². The van der Waals surface area contributed by atoms with E-state index in [1.807, 2.05) is 18.3 Å². The first-order valence-corrected chi connectivity index (χ1v) is 13.5. The Hall–Kier alpha value is -3.27. The van der Waals surface area contributed by atoms with Crippen molar-refractivity contribution in [1.29, 1.82) is 0 Å². The Bertz CT molecular complexity index is 1220. The van der Waals surface area contributed by atoms with E-state index < -0.39 is 0 Å². The molecule has 1 aromatic carbocycles. The normalized spacial score (nSPS) is 13.0. The van der Waals surface area contributed by atoms with Gasteiger partial charge in [0.25, 0.3) is 0 Å². The minimum absolute atomic E-state index is 0.292. The van der Waals surface area contributed by atoms with E-state index in [4.69, 9.17) is 11.6 Å². The number of thiophene rings is 1. The molecule has 3 amide bonds. The maximum atomic E-state index is 12.6. The van der Waals surface area contributed by atoms with Gasteiger partial charge in [-0.25, -0.2) is 4.79 Å². The van der Waals surface area contributed by atoms with Crippen LogP contribution in [-0.2, 0) is 29.0 Å². The van der Waals surface area contributed by atoms with Crippen LogP contribution in [0.1, 0.15) is 41.7 Å². The number of amides is 3. The molecular weight excluding hydrogens is 510 g/mol. The molecule has 0 radical (unpaired) electrons. The van der Waals surface area contributed by atoms with Crippen molar-refractivity contribution in [1.82, 2.24) is 9.88 Å². The molecule has 1 aliphatic heterocycles. The van der Waals surface area contributed by atoms with Gasteiger partial charge in [0, 0.05) is 53.9 Å². The number of nitrogens with zero attached hydrogens (tertiary/aromatic N) is 2. The second-order valence-electron chi connectivity index (χ2n) is 8.94. The van der Waals surface area contributed by atoms with Gasteiger partial charge in [-0.1, -0.05) is 17.7 Å². The van der Waals surface area contributed by atoms with Crippen molar-refractivity contribution in [3.63, 3.8) is 0 Å². The first-order chi connectivity index (χ1) is 18.0. The van der Waals surface area contributed by atoms with E-state index in [0.717, 1.165) is 61.3 Å². The first-order valence-electron chi connectivity index (χ1n) is 12.3. The third kappa shape index (κ3) is 7.85. The van der Waals surface area contributed by atoms with E-state index in [2.05, 4.69) is 25.8 Å². The van der Waals surface area contributed by atoms with Gasteiger partial charge in [0.05, 0.1) is 5.69 Å². The minimum atomic E-state index is -0.389. The molecule has 0 saturated carbocycles. The fourth-order valence-electron chi connectivity index (χ4n) is 4.36. The van der Waals surface area contributed by atoms with Crippen LogP contribution >= 0.6 is 22.9 Å². The molecule has 3 heterocycles. The molecule has 4 rings (SSSR count). The molecular formula is C27H30ClN5O3S. The Morgan fingerprint density at radius 3 is 2.70 bits per heavy atom. The van der Waals surface area contributed by atoms with Crippen LogP contribution in [0.3, 0.4) is 0 Å². The zero-order chi connectivity index (χ0) is 26.0. The molecule has 2 aromatic heterocycles. The second kappa shape index (κ2) is 13.3. The summed E-state index contributed by atoms with van der Waals surface area (Å²) < 4.78 is 0. The van der Waals surface area contributed by atoms with Crippen LogP contribution in [0.4, 0.5) is 21.2 Å². The number of Topliss-reactive ketones (excluding diaryl/α,β-unsaturated/α-hetero) is 1. The fourth-order valence-corrected chi connectivity index (χ4v) is 5.73. The Morgan fingerprint density at radius 2 is 1.95 bits per heavy atom. The van der Waals surface area contributed by atoms with E-state index in [1.54, 1.807) is 30.5 Å². The topological polar surface area (TPSA) is 103 Å². The summed E-state index contributed by atoms with van der Waals surface area (Å²) in [4.78, 5) is 43.6. The van der Waals surface area contributed by atoms with Crippen LogP contribution in [0.15, 0.2) is 48.8 Å². The van der Waals surface area contributed by atoms with Gasteiger partial charge in [0.1, 0.15) is 10.8 Å². The van der Waals surface area contributed by atoms with Gasteiger partial charge < -0.3 is 10.6 Å². The summed E-state index contributed by atoms with van der Waals surface area (Å²) in [7, 11) is 0. The number of hydrogen-bond acceptors (Lipinski definition) is 6. The highest BCUT2D eigenvalue weighted by atomic mass is 35.5. The highest BCUT2D eigenvalue weighted by molar-refractivity contribution is 7.17. The third-order valence-electron chi connectivity index (χ3n) is 6.26. The van der Waals surface area contributed by atoms with Crippen molar-refractivity contribution >= 4 is 57.5 Å². The first kappa shape index (κ1) is 26.8. The van der Waals surface area contributed by atoms with Crippen LogP contribution < -0.4 is 16.0 Å². The molecule has 0 bridgehead atoms. The molecule has 0 unspecified atom stereocenters. The number of aryl methyl sites for hydroxylation is 1. The number of halogens is 1. The smallest absolute Gasteiger partial charge is 0.324 e. The number of rotatable bonds is 12. The summed E-state index contributed by atoms with van der Waals surface area (Å²) in [5.41, 5.74) is 3.45. The molecule has 37 heavy (non-hydrogen) atoms. The number of hydrogen-bond donors (Lipinski definition) is 3. The third-order valence-corrected chi connectivity index (χ3v) is 7.65. The van der Waals surface area contributed by atoms with Crippen LogP contribution in [0.5, 0.6) is 0 Å². The molecule has 8 nitrogen and oxygen atoms in total. The Morgan fingerprint density at radius 1 is 1.11 bits per heavy atom. The van der Waals surface area contributed by atoms with Gasteiger partial charge >= 0.3 is 6.03 Å². The molecule has 194 valence electrons. The number of aromatic nitrogens is 1. The van der Waals surface area contributed by atoms with E-state index in [0.29, 0.717) is 46.4 Å². The second-order valence-corrected chi connectivity index (χ2v) is 10.5. The zero-order valence-corrected chi connectivity index (χ0v) is 22.0. The molecule has 0 saturated heterocycles. The number of fused-ring (bicyclic) bond motifs is 1. The average molecular weight is 540 g/mol. The lowest BCUT2D eigenvalue weighted by Crippen LogP contribution is -2.30. The van der Waals surface area contributed by atoms with Gasteiger partial charge in [-0.05, 0) is 73.7 Å². The van der Waals surface area contributed by atoms with Crippen LogP contribution in [0.2, 0.25) is 5.02 Å². The monoisotopic (exact) mass is 539 g/mol. The van der Waals surface area contributed by atoms with Crippen LogP contribution in [0.25, 0.3) is 0 Å². The predicted octanol–water partition coefficient (Wildman–Crippen LogP) is 5.74. The number of carbonyl (C=O) groups is 3. The number of unbranched alkanes of at least 4 members (excludes halogenated alkanes) is 1. The van der Waals surface area contributed by atoms with E-state index in [1.165, 1.54) is 11.3 Å². The highest BCUT2D eigenvalue weighted by Gasteiger charge is 2.25. The SMILES string of the molecule is O=CNc1c(NC(=O)Nc2ccc(Cl)cc2)sc2c1CCN(CCCCC(=O)CCc1cccnc1)C2. The van der Waals surface area contributed by atoms with Crippen LogP contribution in [-0.4, -0.2) is 41.2 Å². The zero-order valence-electron chi connectivity index (χ0n) is 20.5. The number of benzene rings is 1. The predicted molar refractivity (Wildman–Crippen MR) is 148 cm³/mol. The Kier molecular flexibility index (Phi) is 9.65. The van der Waals surface area contributed by atoms with Gasteiger partial charge in [0.2, 0.25) is 6.41 Å². The van der Waals surface area contributed by atoms with Crippen molar-refractivity contribution < 1.29 is 14.4 Å². The Balaban J connectivity index is 1.25. The lowest BCUT2D eigenvalue weighted by molar-refractivity contribution is -0.119. The van der Waals surface area contributed by atoms with Gasteiger partial charge in [0.15, 0.2) is 0 Å². The summed E-state index contributed by atoms with van der Waals surface area (Å²) in [5, 5.41) is 9.63. The van der Waals surface area contributed by atoms with E-state index in [-0.39, 0.29) is 6.03 Å². The molecule has 0 atom stereocenters. The number of ketones is 1. The summed E-state index contributed by atoms with van der Waals surface area (Å²) in [6, 6.07) is 10.3. The summed E-state index contributed by atoms with van der Waals surface area (Å²) in [6.45, 7) is 2.52. The molecule has 0 fully saturated rings. The van der Waals surface area contributed by atoms with Gasteiger partial charge in [-0.15, -0.1) is 11.3 Å². The summed E-state index contributed by atoms with van der Waals surface area (Å²) >= 11 is 7.38. The maximum absolute atomic E-state index is 12.6. The number of nitrogens with one attached hydrogen (secondary N) is 3. The quantitative estimate of drug-likeness (QED) is 0.201. The average Bonchev–Trinajstić information content (AvgIpc) is 3.23. The molecule has 3 aromatic rings. The lowest BCUT2D eigenvalue weighted by Gasteiger charge is -2.27. The van der Waals surface area contributed by atoms with Crippen molar-refractivity contribution in [3.8, 4) is 0 Å². The van der Waals surface area contributed by atoms with Crippen molar-refractivity contribution in [2.45, 2.75) is 45.1 Å². The Labute approximate surface area is 225 Å². The fraction of sp³-hybridized carbons (Fsp3) is 0.333. The standard InChI is InChI=1S/C27H30ClN5O3S/c28-20-7-9-21(10-8-20)31-27(36)32-26-25(30-18-34)23-12-15-33(17-24(23)37-26)14-2-1-5-22(35)11-6-19-4-3-13-29-16-19/h3-4,7-10,13,16,18H,1-2,5-6,11-12,14-15,17H2,(H,30,34)(H2,31,32,36). The number of carbonyl (C=O) groups excluding carboxylic acids is 3. The molecule has 3 N–H and O–H groups in total. The highest BCUT2D eigenvalue weighted by Crippen LogP contribution is 2.41. The van der Waals surface area contributed by atoms with Gasteiger partial charge in [-0.3, -0.25) is 24.8 Å². The van der Waals surface area contributed by atoms with Crippen LogP contribution in [0, 0.1) is 0 Å². The van der Waals surface area contributed by atoms with Crippen molar-refractivity contribution in [2.75, 3.05) is 29.0 Å². The molecule has 0 aliphatic carbocycles. The largest absolute Gasteiger partial charge is 0.326 e. The number of urea groups is 1. The molecule has 0 spiro atoms. The number of anilines is 3.